The number of benzene rings is 9. The third-order valence-corrected chi connectivity index (χ3v) is 10.1. The van der Waals surface area contributed by atoms with E-state index in [9.17, 15) is 0 Å². The highest BCUT2D eigenvalue weighted by molar-refractivity contribution is 5.99. The lowest BCUT2D eigenvalue weighted by Gasteiger charge is -2.26. The second-order valence-corrected chi connectivity index (χ2v) is 13.4. The van der Waals surface area contributed by atoms with Crippen LogP contribution < -0.4 is 9.80 Å². The van der Waals surface area contributed by atoms with Crippen molar-refractivity contribution in [1.82, 2.24) is 0 Å². The zero-order valence-electron chi connectivity index (χ0n) is 29.8. The van der Waals surface area contributed by atoms with Crippen LogP contribution in [-0.2, 0) is 0 Å². The van der Waals surface area contributed by atoms with E-state index in [1.165, 1.54) is 44.2 Å². The Hall–Kier alpha value is -7.16. The number of nitrogens with zero attached hydrogens (tertiary/aromatic N) is 2. The van der Waals surface area contributed by atoms with Crippen molar-refractivity contribution >= 4 is 44.9 Å². The first-order valence-corrected chi connectivity index (χ1v) is 18.4. The Kier molecular flexibility index (Phi) is 8.99. The van der Waals surface area contributed by atoms with Gasteiger partial charge >= 0.3 is 0 Å². The van der Waals surface area contributed by atoms with Gasteiger partial charge in [-0.1, -0.05) is 152 Å². The zero-order chi connectivity index (χ0) is 36.1. The Morgan fingerprint density at radius 3 is 1.04 bits per heavy atom. The van der Waals surface area contributed by atoms with E-state index in [1.807, 2.05) is 0 Å². The van der Waals surface area contributed by atoms with Crippen LogP contribution >= 0.6 is 0 Å². The normalized spacial score (nSPS) is 11.0. The van der Waals surface area contributed by atoms with Gasteiger partial charge in [0.25, 0.3) is 0 Å². The topological polar surface area (TPSA) is 6.48 Å². The molecule has 0 spiro atoms. The Morgan fingerprint density at radius 2 is 0.574 bits per heavy atom. The average Bonchev–Trinajstić information content (AvgIpc) is 3.26. The van der Waals surface area contributed by atoms with E-state index < -0.39 is 0 Å². The molecule has 9 aromatic rings. The quantitative estimate of drug-likeness (QED) is 0.149. The summed E-state index contributed by atoms with van der Waals surface area (Å²) in [5.74, 6) is 0. The molecule has 0 aliphatic rings. The predicted molar refractivity (Wildman–Crippen MR) is 230 cm³/mol. The minimum Gasteiger partial charge on any atom is -0.311 e. The molecule has 2 heteroatoms. The number of fused-ring (bicyclic) bond motifs is 1. The SMILES string of the molecule is c1ccc(-c2ccc(N(c3ccccc3)c3ccc(-c4cccc5cc(-c6ccc(N(c7ccccc7)c7ccccc7)cc6)ccc45)cc3)cc2)cc1. The molecule has 0 amide bonds. The number of rotatable bonds is 9. The van der Waals surface area contributed by atoms with Crippen LogP contribution in [0.5, 0.6) is 0 Å². The van der Waals surface area contributed by atoms with E-state index in [4.69, 9.17) is 0 Å². The van der Waals surface area contributed by atoms with Gasteiger partial charge in [-0.3, -0.25) is 0 Å². The molecule has 0 saturated heterocycles. The summed E-state index contributed by atoms with van der Waals surface area (Å²) >= 11 is 0. The van der Waals surface area contributed by atoms with Crippen molar-refractivity contribution in [2.24, 2.45) is 0 Å². The van der Waals surface area contributed by atoms with Crippen LogP contribution in [0.25, 0.3) is 44.2 Å². The molecule has 0 aromatic heterocycles. The van der Waals surface area contributed by atoms with Gasteiger partial charge in [-0.15, -0.1) is 0 Å². The van der Waals surface area contributed by atoms with Crippen molar-refractivity contribution in [1.29, 1.82) is 0 Å². The van der Waals surface area contributed by atoms with Crippen molar-refractivity contribution in [2.75, 3.05) is 9.80 Å². The second-order valence-electron chi connectivity index (χ2n) is 13.4. The van der Waals surface area contributed by atoms with Gasteiger partial charge in [0.15, 0.2) is 0 Å². The first kappa shape index (κ1) is 32.7. The smallest absolute Gasteiger partial charge is 0.0462 e. The van der Waals surface area contributed by atoms with E-state index in [0.29, 0.717) is 0 Å². The van der Waals surface area contributed by atoms with E-state index in [1.54, 1.807) is 0 Å². The number of anilines is 6. The van der Waals surface area contributed by atoms with Crippen LogP contribution in [0.3, 0.4) is 0 Å². The molecule has 0 fully saturated rings. The lowest BCUT2D eigenvalue weighted by molar-refractivity contribution is 1.28. The minimum absolute atomic E-state index is 1.11. The molecule has 0 unspecified atom stereocenters. The molecule has 0 aliphatic heterocycles. The first-order valence-electron chi connectivity index (χ1n) is 18.4. The average molecular weight is 691 g/mol. The summed E-state index contributed by atoms with van der Waals surface area (Å²) in [5.41, 5.74) is 14.0. The third-order valence-electron chi connectivity index (χ3n) is 10.1. The summed E-state index contributed by atoms with van der Waals surface area (Å²) in [5, 5.41) is 2.46. The number of hydrogen-bond donors (Lipinski definition) is 0. The molecular weight excluding hydrogens is 653 g/mol. The van der Waals surface area contributed by atoms with Gasteiger partial charge in [0, 0.05) is 34.1 Å². The monoisotopic (exact) mass is 690 g/mol. The van der Waals surface area contributed by atoms with Crippen molar-refractivity contribution < 1.29 is 0 Å². The fourth-order valence-electron chi connectivity index (χ4n) is 7.37. The van der Waals surface area contributed by atoms with E-state index in [-0.39, 0.29) is 0 Å². The van der Waals surface area contributed by atoms with E-state index in [2.05, 4.69) is 240 Å². The standard InChI is InChI=1S/C52H38N2/c1-5-14-39(15-6-1)40-24-31-49(32-25-40)54(47-21-11-4-12-22-47)50-35-28-42(29-36-50)51-23-13-16-44-38-43(30-37-52(44)51)41-26-33-48(34-27-41)53(45-17-7-2-8-18-45)46-19-9-3-10-20-46/h1-38H. The van der Waals surface area contributed by atoms with Crippen LogP contribution in [0, 0.1) is 0 Å². The van der Waals surface area contributed by atoms with Gasteiger partial charge in [-0.2, -0.15) is 0 Å². The maximum Gasteiger partial charge on any atom is 0.0462 e. The maximum absolute atomic E-state index is 2.32. The summed E-state index contributed by atoms with van der Waals surface area (Å²) in [7, 11) is 0. The Morgan fingerprint density at radius 1 is 0.222 bits per heavy atom. The van der Waals surface area contributed by atoms with Gasteiger partial charge in [0.2, 0.25) is 0 Å². The molecule has 54 heavy (non-hydrogen) atoms. The van der Waals surface area contributed by atoms with Crippen molar-refractivity contribution in [3.8, 4) is 33.4 Å². The second kappa shape index (κ2) is 14.8. The fourth-order valence-corrected chi connectivity index (χ4v) is 7.37. The molecule has 2 nitrogen and oxygen atoms in total. The highest BCUT2D eigenvalue weighted by Crippen LogP contribution is 2.39. The van der Waals surface area contributed by atoms with Gasteiger partial charge in [-0.05, 0) is 123 Å². The molecule has 0 N–H and O–H groups in total. The largest absolute Gasteiger partial charge is 0.311 e. The molecule has 0 radical (unpaired) electrons. The van der Waals surface area contributed by atoms with Crippen molar-refractivity contribution in [3.63, 3.8) is 0 Å². The van der Waals surface area contributed by atoms with Gasteiger partial charge in [0.05, 0.1) is 0 Å². The lowest BCUT2D eigenvalue weighted by atomic mass is 9.95. The molecule has 256 valence electrons. The predicted octanol–water partition coefficient (Wildman–Crippen LogP) is 14.8. The molecule has 9 rings (SSSR count). The minimum atomic E-state index is 1.11. The maximum atomic E-state index is 2.32. The zero-order valence-corrected chi connectivity index (χ0v) is 29.8. The van der Waals surface area contributed by atoms with Crippen LogP contribution in [0.4, 0.5) is 34.1 Å². The highest BCUT2D eigenvalue weighted by atomic mass is 15.1. The van der Waals surface area contributed by atoms with Crippen LogP contribution in [-0.4, -0.2) is 0 Å². The third kappa shape index (κ3) is 6.65. The van der Waals surface area contributed by atoms with Crippen molar-refractivity contribution in [3.05, 3.63) is 231 Å². The molecular formula is C52H38N2. The molecule has 0 atom stereocenters. The van der Waals surface area contributed by atoms with E-state index in [0.717, 1.165) is 34.1 Å². The summed E-state index contributed by atoms with van der Waals surface area (Å²) in [6.45, 7) is 0. The Labute approximate surface area is 317 Å². The Balaban J connectivity index is 1.00. The summed E-state index contributed by atoms with van der Waals surface area (Å²) < 4.78 is 0. The summed E-state index contributed by atoms with van der Waals surface area (Å²) in [4.78, 5) is 4.61. The summed E-state index contributed by atoms with van der Waals surface area (Å²) in [6, 6.07) is 82.3. The molecule has 0 saturated carbocycles. The van der Waals surface area contributed by atoms with E-state index >= 15 is 0 Å². The highest BCUT2D eigenvalue weighted by Gasteiger charge is 2.15. The lowest BCUT2D eigenvalue weighted by Crippen LogP contribution is -2.09. The van der Waals surface area contributed by atoms with Gasteiger partial charge < -0.3 is 9.80 Å². The van der Waals surface area contributed by atoms with Crippen molar-refractivity contribution in [2.45, 2.75) is 0 Å². The summed E-state index contributed by atoms with van der Waals surface area (Å²) in [6.07, 6.45) is 0. The molecule has 0 bridgehead atoms. The number of hydrogen-bond acceptors (Lipinski definition) is 2. The van der Waals surface area contributed by atoms with Crippen LogP contribution in [0.2, 0.25) is 0 Å². The molecule has 0 aliphatic carbocycles. The van der Waals surface area contributed by atoms with Crippen LogP contribution in [0.15, 0.2) is 231 Å². The molecule has 9 aromatic carbocycles. The van der Waals surface area contributed by atoms with Gasteiger partial charge in [0.1, 0.15) is 0 Å². The fraction of sp³-hybridized carbons (Fsp3) is 0. The first-order chi connectivity index (χ1) is 26.8. The molecule has 0 heterocycles. The Bertz CT molecular complexity index is 2560. The van der Waals surface area contributed by atoms with Crippen LogP contribution in [0.1, 0.15) is 0 Å². The number of para-hydroxylation sites is 3. The van der Waals surface area contributed by atoms with Gasteiger partial charge in [-0.25, -0.2) is 0 Å².